The molecule has 0 unspecified atom stereocenters. The van der Waals surface area contributed by atoms with Crippen molar-refractivity contribution in [1.29, 1.82) is 0 Å². The minimum absolute atomic E-state index is 0.231. The Bertz CT molecular complexity index is 1050. The molecule has 0 bridgehead atoms. The van der Waals surface area contributed by atoms with Crippen molar-refractivity contribution in [3.05, 3.63) is 51.5 Å². The van der Waals surface area contributed by atoms with Crippen LogP contribution in [0.3, 0.4) is 0 Å². The molecule has 3 aromatic rings. The second kappa shape index (κ2) is 6.17. The minimum Gasteiger partial charge on any atom is -0.310 e. The van der Waals surface area contributed by atoms with E-state index in [1.165, 1.54) is 12.3 Å². The number of aromatic amines is 1. The van der Waals surface area contributed by atoms with E-state index in [2.05, 4.69) is 20.1 Å². The van der Waals surface area contributed by atoms with Crippen molar-refractivity contribution in [2.24, 2.45) is 0 Å². The average molecular weight is 377 g/mol. The van der Waals surface area contributed by atoms with Crippen molar-refractivity contribution in [2.75, 3.05) is 0 Å². The molecule has 1 aliphatic rings. The Balaban J connectivity index is 1.85. The van der Waals surface area contributed by atoms with E-state index in [0.717, 1.165) is 24.6 Å². The zero-order valence-corrected chi connectivity index (χ0v) is 14.8. The van der Waals surface area contributed by atoms with E-state index in [9.17, 15) is 18.0 Å². The third kappa shape index (κ3) is 3.11. The Morgan fingerprint density at radius 1 is 1.33 bits per heavy atom. The summed E-state index contributed by atoms with van der Waals surface area (Å²) in [5.41, 5.74) is 0.612. The Labute approximate surface area is 152 Å². The molecule has 0 aromatic carbocycles. The molecule has 0 spiro atoms. The van der Waals surface area contributed by atoms with Crippen LogP contribution in [0.2, 0.25) is 0 Å². The summed E-state index contributed by atoms with van der Waals surface area (Å²) in [5, 5.41) is 5.13. The van der Waals surface area contributed by atoms with Gasteiger partial charge in [-0.3, -0.25) is 9.78 Å². The summed E-state index contributed by atoms with van der Waals surface area (Å²) in [4.78, 5) is 23.2. The number of halogens is 3. The van der Waals surface area contributed by atoms with E-state index < -0.39 is 11.9 Å². The zero-order chi connectivity index (χ0) is 19.3. The van der Waals surface area contributed by atoms with Crippen molar-refractivity contribution >= 4 is 11.0 Å². The smallest absolute Gasteiger partial charge is 0.310 e. The third-order valence-electron chi connectivity index (χ3n) is 4.81. The monoisotopic (exact) mass is 377 g/mol. The molecule has 0 amide bonds. The van der Waals surface area contributed by atoms with Crippen molar-refractivity contribution in [3.8, 4) is 0 Å². The van der Waals surface area contributed by atoms with Gasteiger partial charge in [-0.15, -0.1) is 0 Å². The molecule has 1 atom stereocenters. The maximum atomic E-state index is 12.8. The fourth-order valence-electron chi connectivity index (χ4n) is 3.36. The standard InChI is InChI=1S/C18H18F3N5O/c1-3-12(11-6-7-13(22-8-11)18(19,20)21)26-16-14(15(25-26)10-4-5-10)17(27)24-9(2)23-16/h6-8,10,12H,3-5H2,1-2H3,(H,23,24,27)/t12-/m0/s1. The minimum atomic E-state index is -4.48. The molecule has 4 rings (SSSR count). The van der Waals surface area contributed by atoms with E-state index in [-0.39, 0.29) is 17.5 Å². The van der Waals surface area contributed by atoms with Gasteiger partial charge in [0.2, 0.25) is 0 Å². The number of nitrogens with one attached hydrogen (secondary N) is 1. The molecule has 1 N–H and O–H groups in total. The van der Waals surface area contributed by atoms with Crippen molar-refractivity contribution in [2.45, 2.75) is 51.2 Å². The number of alkyl halides is 3. The third-order valence-corrected chi connectivity index (χ3v) is 4.81. The first-order chi connectivity index (χ1) is 12.8. The van der Waals surface area contributed by atoms with Crippen LogP contribution in [0.4, 0.5) is 13.2 Å². The fraction of sp³-hybridized carbons (Fsp3) is 0.444. The van der Waals surface area contributed by atoms with Crippen LogP contribution in [0.5, 0.6) is 0 Å². The predicted octanol–water partition coefficient (Wildman–Crippen LogP) is 3.72. The van der Waals surface area contributed by atoms with Crippen molar-refractivity contribution in [1.82, 2.24) is 24.7 Å². The molecule has 3 aromatic heterocycles. The lowest BCUT2D eigenvalue weighted by atomic mass is 10.1. The number of hydrogen-bond donors (Lipinski definition) is 1. The quantitative estimate of drug-likeness (QED) is 0.752. The van der Waals surface area contributed by atoms with E-state index in [0.29, 0.717) is 28.8 Å². The highest BCUT2D eigenvalue weighted by Gasteiger charge is 2.34. The zero-order valence-electron chi connectivity index (χ0n) is 14.8. The number of fused-ring (bicyclic) bond motifs is 1. The van der Waals surface area contributed by atoms with Crippen LogP contribution in [0.1, 0.15) is 60.9 Å². The summed E-state index contributed by atoms with van der Waals surface area (Å²) < 4.78 is 40.0. The highest BCUT2D eigenvalue weighted by Crippen LogP contribution is 2.42. The SMILES string of the molecule is CC[C@@H](c1ccc(C(F)(F)F)nc1)n1nc(C2CC2)c2c(=O)[nH]c(C)nc21. The highest BCUT2D eigenvalue weighted by atomic mass is 19.4. The molecule has 3 heterocycles. The Morgan fingerprint density at radius 2 is 2.07 bits per heavy atom. The fourth-order valence-corrected chi connectivity index (χ4v) is 3.36. The van der Waals surface area contributed by atoms with Crippen LogP contribution >= 0.6 is 0 Å². The van der Waals surface area contributed by atoms with Gasteiger partial charge in [-0.05, 0) is 37.8 Å². The summed E-state index contributed by atoms with van der Waals surface area (Å²) >= 11 is 0. The van der Waals surface area contributed by atoms with Gasteiger partial charge in [-0.25, -0.2) is 9.67 Å². The van der Waals surface area contributed by atoms with Crippen LogP contribution in [-0.4, -0.2) is 24.7 Å². The summed E-state index contributed by atoms with van der Waals surface area (Å²) in [7, 11) is 0. The second-order valence-corrected chi connectivity index (χ2v) is 6.85. The number of aromatic nitrogens is 5. The summed E-state index contributed by atoms with van der Waals surface area (Å²) in [5.74, 6) is 0.707. The predicted molar refractivity (Wildman–Crippen MR) is 92.5 cm³/mol. The highest BCUT2D eigenvalue weighted by molar-refractivity contribution is 5.78. The van der Waals surface area contributed by atoms with Crippen LogP contribution in [0, 0.1) is 6.92 Å². The van der Waals surface area contributed by atoms with Crippen LogP contribution in [0.25, 0.3) is 11.0 Å². The lowest BCUT2D eigenvalue weighted by molar-refractivity contribution is -0.141. The molecule has 6 nitrogen and oxygen atoms in total. The number of rotatable bonds is 4. The molecule has 142 valence electrons. The number of nitrogens with zero attached hydrogens (tertiary/aromatic N) is 4. The van der Waals surface area contributed by atoms with Gasteiger partial charge in [0.1, 0.15) is 16.9 Å². The van der Waals surface area contributed by atoms with Crippen LogP contribution < -0.4 is 5.56 Å². The molecule has 27 heavy (non-hydrogen) atoms. The first-order valence-electron chi connectivity index (χ1n) is 8.81. The first-order valence-corrected chi connectivity index (χ1v) is 8.81. The first kappa shape index (κ1) is 17.7. The molecular weight excluding hydrogens is 359 g/mol. The number of H-pyrrole nitrogens is 1. The number of hydrogen-bond acceptors (Lipinski definition) is 4. The molecule has 1 aliphatic carbocycles. The Kier molecular flexibility index (Phi) is 4.05. The summed E-state index contributed by atoms with van der Waals surface area (Å²) in [6, 6.07) is 2.02. The average Bonchev–Trinajstić information content (AvgIpc) is 3.38. The Morgan fingerprint density at radius 3 is 2.63 bits per heavy atom. The topological polar surface area (TPSA) is 76.5 Å². The van der Waals surface area contributed by atoms with E-state index in [1.807, 2.05) is 6.92 Å². The van der Waals surface area contributed by atoms with Gasteiger partial charge in [0.15, 0.2) is 5.65 Å². The van der Waals surface area contributed by atoms with Crippen LogP contribution in [0.15, 0.2) is 23.1 Å². The Hall–Kier alpha value is -2.71. The van der Waals surface area contributed by atoms with Gasteiger partial charge in [0, 0.05) is 12.1 Å². The van der Waals surface area contributed by atoms with E-state index in [4.69, 9.17) is 0 Å². The van der Waals surface area contributed by atoms with Gasteiger partial charge in [0.25, 0.3) is 5.56 Å². The summed E-state index contributed by atoms with van der Waals surface area (Å²) in [6.45, 7) is 3.60. The molecule has 0 saturated heterocycles. The molecule has 0 radical (unpaired) electrons. The molecule has 9 heteroatoms. The molecule has 1 fully saturated rings. The van der Waals surface area contributed by atoms with E-state index >= 15 is 0 Å². The largest absolute Gasteiger partial charge is 0.433 e. The van der Waals surface area contributed by atoms with Gasteiger partial charge >= 0.3 is 6.18 Å². The van der Waals surface area contributed by atoms with Gasteiger partial charge in [-0.1, -0.05) is 13.0 Å². The molecule has 1 saturated carbocycles. The summed E-state index contributed by atoms with van der Waals surface area (Å²) in [6.07, 6.45) is -0.747. The van der Waals surface area contributed by atoms with Crippen LogP contribution in [-0.2, 0) is 6.18 Å². The lowest BCUT2D eigenvalue weighted by Crippen LogP contribution is -2.16. The normalized spacial score (nSPS) is 16.0. The number of aryl methyl sites for hydroxylation is 1. The van der Waals surface area contributed by atoms with Gasteiger partial charge < -0.3 is 4.98 Å². The lowest BCUT2D eigenvalue weighted by Gasteiger charge is -2.17. The van der Waals surface area contributed by atoms with Crippen molar-refractivity contribution < 1.29 is 13.2 Å². The van der Waals surface area contributed by atoms with Gasteiger partial charge in [0.05, 0.1) is 11.7 Å². The van der Waals surface area contributed by atoms with E-state index in [1.54, 1.807) is 11.6 Å². The second-order valence-electron chi connectivity index (χ2n) is 6.85. The number of pyridine rings is 1. The molecular formula is C18H18F3N5O. The maximum Gasteiger partial charge on any atom is 0.433 e. The maximum absolute atomic E-state index is 12.8. The van der Waals surface area contributed by atoms with Gasteiger partial charge in [-0.2, -0.15) is 18.3 Å². The molecule has 0 aliphatic heterocycles. The van der Waals surface area contributed by atoms with Crippen molar-refractivity contribution in [3.63, 3.8) is 0 Å².